The Morgan fingerprint density at radius 1 is 1.17 bits per heavy atom. The Bertz CT molecular complexity index is 793. The highest BCUT2D eigenvalue weighted by molar-refractivity contribution is 6.30. The van der Waals surface area contributed by atoms with Crippen LogP contribution < -0.4 is 0 Å². The molecule has 0 aromatic heterocycles. The van der Waals surface area contributed by atoms with Crippen molar-refractivity contribution in [3.63, 3.8) is 0 Å². The molecule has 0 radical (unpaired) electrons. The number of halogens is 1. The molecular weight excluding hydrogens is 390 g/mol. The van der Waals surface area contributed by atoms with E-state index in [9.17, 15) is 9.59 Å². The minimum Gasteiger partial charge on any atom is -0.383 e. The van der Waals surface area contributed by atoms with E-state index in [1.165, 1.54) is 0 Å². The lowest BCUT2D eigenvalue weighted by molar-refractivity contribution is -0.141. The van der Waals surface area contributed by atoms with Crippen LogP contribution in [0.15, 0.2) is 24.3 Å². The van der Waals surface area contributed by atoms with Gasteiger partial charge in [-0.2, -0.15) is 0 Å². The topological polar surface area (TPSA) is 53.1 Å². The van der Waals surface area contributed by atoms with E-state index in [4.69, 9.17) is 16.3 Å². The van der Waals surface area contributed by atoms with E-state index in [0.29, 0.717) is 30.3 Å². The van der Waals surface area contributed by atoms with Gasteiger partial charge >= 0.3 is 0 Å². The van der Waals surface area contributed by atoms with Gasteiger partial charge < -0.3 is 14.5 Å². The van der Waals surface area contributed by atoms with Crippen molar-refractivity contribution in [3.8, 4) is 0 Å². The Hall–Kier alpha value is -1.63. The van der Waals surface area contributed by atoms with Gasteiger partial charge in [0.1, 0.15) is 0 Å². The summed E-state index contributed by atoms with van der Waals surface area (Å²) >= 11 is 6.07. The summed E-state index contributed by atoms with van der Waals surface area (Å²) in [5.41, 5.74) is 0.252. The number of hydrogen-bond acceptors (Lipinski definition) is 4. The molecular formula is C22H30ClN3O3. The first-order chi connectivity index (χ1) is 13.9. The van der Waals surface area contributed by atoms with Crippen molar-refractivity contribution in [2.24, 2.45) is 10.8 Å². The minimum absolute atomic E-state index is 0.0282. The highest BCUT2D eigenvalue weighted by atomic mass is 35.5. The van der Waals surface area contributed by atoms with Gasteiger partial charge in [-0.05, 0) is 37.5 Å². The van der Waals surface area contributed by atoms with Crippen LogP contribution >= 0.6 is 11.6 Å². The molecule has 3 aliphatic rings. The molecule has 1 unspecified atom stereocenters. The molecule has 29 heavy (non-hydrogen) atoms. The van der Waals surface area contributed by atoms with Crippen LogP contribution in [0.3, 0.4) is 0 Å². The standard InChI is InChI=1S/C22H30ClN3O3/c1-24-9-8-22(20(24)28)16-25(12-13-29-2)15-21(22)6-10-26(11-7-21)19(27)17-4-3-5-18(23)14-17/h3-5,14H,6-13,15-16H2,1-2H3. The van der Waals surface area contributed by atoms with Crippen molar-refractivity contribution in [1.82, 2.24) is 14.7 Å². The first kappa shape index (κ1) is 20.6. The third kappa shape index (κ3) is 3.45. The van der Waals surface area contributed by atoms with Gasteiger partial charge in [-0.1, -0.05) is 17.7 Å². The van der Waals surface area contributed by atoms with Crippen LogP contribution in [0.5, 0.6) is 0 Å². The van der Waals surface area contributed by atoms with Crippen molar-refractivity contribution in [1.29, 1.82) is 0 Å². The summed E-state index contributed by atoms with van der Waals surface area (Å²) in [6, 6.07) is 7.14. The molecule has 7 heteroatoms. The molecule has 6 nitrogen and oxygen atoms in total. The lowest BCUT2D eigenvalue weighted by Crippen LogP contribution is -2.53. The Morgan fingerprint density at radius 3 is 2.55 bits per heavy atom. The van der Waals surface area contributed by atoms with Crippen molar-refractivity contribution in [2.75, 3.05) is 60.0 Å². The second kappa shape index (κ2) is 7.89. The molecule has 2 spiro atoms. The van der Waals surface area contributed by atoms with E-state index in [2.05, 4.69) is 4.90 Å². The molecule has 3 fully saturated rings. The average Bonchev–Trinajstić information content (AvgIpc) is 3.19. The van der Waals surface area contributed by atoms with Gasteiger partial charge in [-0.25, -0.2) is 0 Å². The number of benzene rings is 1. The fourth-order valence-electron chi connectivity index (χ4n) is 5.71. The smallest absolute Gasteiger partial charge is 0.253 e. The number of hydrogen-bond donors (Lipinski definition) is 0. The second-order valence-corrected chi connectivity index (χ2v) is 9.28. The summed E-state index contributed by atoms with van der Waals surface area (Å²) in [7, 11) is 3.64. The molecule has 3 saturated heterocycles. The van der Waals surface area contributed by atoms with Crippen LogP contribution in [0.25, 0.3) is 0 Å². The molecule has 1 atom stereocenters. The Balaban J connectivity index is 1.53. The van der Waals surface area contributed by atoms with E-state index in [0.717, 1.165) is 45.4 Å². The number of ether oxygens (including phenoxy) is 1. The summed E-state index contributed by atoms with van der Waals surface area (Å²) in [5.74, 6) is 0.313. The maximum atomic E-state index is 13.3. The van der Waals surface area contributed by atoms with Gasteiger partial charge in [0.2, 0.25) is 5.91 Å². The summed E-state index contributed by atoms with van der Waals surface area (Å²) in [6.45, 7) is 5.43. The second-order valence-electron chi connectivity index (χ2n) is 8.85. The Morgan fingerprint density at radius 2 is 1.93 bits per heavy atom. The lowest BCUT2D eigenvalue weighted by atomic mass is 9.60. The van der Waals surface area contributed by atoms with Gasteiger partial charge in [0.25, 0.3) is 5.91 Å². The van der Waals surface area contributed by atoms with Crippen molar-refractivity contribution >= 4 is 23.4 Å². The maximum Gasteiger partial charge on any atom is 0.253 e. The summed E-state index contributed by atoms with van der Waals surface area (Å²) in [5, 5.41) is 0.576. The number of nitrogens with zero attached hydrogens (tertiary/aromatic N) is 3. The largest absolute Gasteiger partial charge is 0.383 e. The van der Waals surface area contributed by atoms with E-state index < -0.39 is 0 Å². The highest BCUT2D eigenvalue weighted by Crippen LogP contribution is 2.57. The summed E-state index contributed by atoms with van der Waals surface area (Å²) in [4.78, 5) is 32.4. The number of piperidine rings is 1. The number of likely N-dealkylation sites (tertiary alicyclic amines) is 3. The number of amides is 2. The fraction of sp³-hybridized carbons (Fsp3) is 0.636. The van der Waals surface area contributed by atoms with E-state index in [1.54, 1.807) is 19.2 Å². The average molecular weight is 420 g/mol. The van der Waals surface area contributed by atoms with Crippen molar-refractivity contribution in [2.45, 2.75) is 19.3 Å². The molecule has 0 aliphatic carbocycles. The highest BCUT2D eigenvalue weighted by Gasteiger charge is 2.64. The SMILES string of the molecule is COCCN1CC2(CCN(C(=O)c3cccc(Cl)c3)CC2)C2(CCN(C)C2=O)C1. The van der Waals surface area contributed by atoms with Crippen LogP contribution in [0.1, 0.15) is 29.6 Å². The molecule has 0 saturated carbocycles. The predicted octanol–water partition coefficient (Wildman–Crippen LogP) is 2.37. The first-order valence-electron chi connectivity index (χ1n) is 10.4. The zero-order valence-electron chi connectivity index (χ0n) is 17.3. The summed E-state index contributed by atoms with van der Waals surface area (Å²) < 4.78 is 5.29. The number of carbonyl (C=O) groups excluding carboxylic acids is 2. The molecule has 2 amide bonds. The van der Waals surface area contributed by atoms with E-state index in [-0.39, 0.29) is 22.6 Å². The first-order valence-corrected chi connectivity index (χ1v) is 10.8. The van der Waals surface area contributed by atoms with Crippen molar-refractivity contribution < 1.29 is 14.3 Å². The summed E-state index contributed by atoms with van der Waals surface area (Å²) in [6.07, 6.45) is 2.64. The zero-order chi connectivity index (χ0) is 20.6. The molecule has 0 bridgehead atoms. The van der Waals surface area contributed by atoms with Crippen molar-refractivity contribution in [3.05, 3.63) is 34.9 Å². The molecule has 1 aromatic carbocycles. The third-order valence-electron chi connectivity index (χ3n) is 7.36. The third-order valence-corrected chi connectivity index (χ3v) is 7.59. The predicted molar refractivity (Wildman–Crippen MR) is 112 cm³/mol. The van der Waals surface area contributed by atoms with Gasteiger partial charge in [0.05, 0.1) is 12.0 Å². The maximum absolute atomic E-state index is 13.3. The van der Waals surface area contributed by atoms with E-state index in [1.807, 2.05) is 29.0 Å². The minimum atomic E-state index is -0.319. The number of methoxy groups -OCH3 is 1. The normalized spacial score (nSPS) is 26.8. The molecule has 3 aliphatic heterocycles. The molecule has 3 heterocycles. The number of rotatable bonds is 4. The lowest BCUT2D eigenvalue weighted by Gasteiger charge is -2.47. The number of fused-ring (bicyclic) bond motifs is 1. The van der Waals surface area contributed by atoms with Gasteiger partial charge in [-0.15, -0.1) is 0 Å². The molecule has 4 rings (SSSR count). The van der Waals surface area contributed by atoms with Crippen LogP contribution in [0.2, 0.25) is 5.02 Å². The Kier molecular flexibility index (Phi) is 5.62. The van der Waals surface area contributed by atoms with E-state index >= 15 is 0 Å². The fourth-order valence-corrected chi connectivity index (χ4v) is 5.90. The van der Waals surface area contributed by atoms with Crippen LogP contribution in [-0.2, 0) is 9.53 Å². The monoisotopic (exact) mass is 419 g/mol. The molecule has 158 valence electrons. The van der Waals surface area contributed by atoms with Crippen LogP contribution in [-0.4, -0.2) is 86.5 Å². The Labute approximate surface area is 177 Å². The van der Waals surface area contributed by atoms with Crippen LogP contribution in [0, 0.1) is 10.8 Å². The van der Waals surface area contributed by atoms with Gasteiger partial charge in [-0.3, -0.25) is 14.5 Å². The molecule has 1 aromatic rings. The van der Waals surface area contributed by atoms with Gasteiger partial charge in [0.15, 0.2) is 0 Å². The zero-order valence-corrected chi connectivity index (χ0v) is 18.1. The molecule has 0 N–H and O–H groups in total. The van der Waals surface area contributed by atoms with Crippen LogP contribution in [0.4, 0.5) is 0 Å². The van der Waals surface area contributed by atoms with Gasteiger partial charge in [0, 0.05) is 69.4 Å². The number of carbonyl (C=O) groups is 2. The quantitative estimate of drug-likeness (QED) is 0.751.